The van der Waals surface area contributed by atoms with E-state index in [-0.39, 0.29) is 29.8 Å². The smallest absolute Gasteiger partial charge is 0.191 e. The van der Waals surface area contributed by atoms with Crippen molar-refractivity contribution in [1.82, 2.24) is 10.6 Å². The first kappa shape index (κ1) is 20.2. The Bertz CT molecular complexity index is 664. The van der Waals surface area contributed by atoms with Gasteiger partial charge in [-0.05, 0) is 30.7 Å². The second kappa shape index (κ2) is 10.9. The summed E-state index contributed by atoms with van der Waals surface area (Å²) in [4.78, 5) is 4.15. The Hall–Kier alpha value is -1.83. The van der Waals surface area contributed by atoms with E-state index in [4.69, 9.17) is 4.74 Å². The van der Waals surface area contributed by atoms with E-state index in [9.17, 15) is 4.39 Å². The summed E-state index contributed by atoms with van der Waals surface area (Å²) in [5.41, 5.74) is 1.69. The van der Waals surface area contributed by atoms with Gasteiger partial charge in [0.1, 0.15) is 11.6 Å². The van der Waals surface area contributed by atoms with Gasteiger partial charge in [-0.25, -0.2) is 4.39 Å². The number of halogens is 2. The van der Waals surface area contributed by atoms with E-state index in [0.29, 0.717) is 31.2 Å². The topological polar surface area (TPSA) is 45.6 Å². The largest absolute Gasteiger partial charge is 0.494 e. The normalized spacial score (nSPS) is 10.7. The third kappa shape index (κ3) is 6.35. The zero-order valence-electron chi connectivity index (χ0n) is 13.9. The Morgan fingerprint density at radius 1 is 1.08 bits per heavy atom. The Kier molecular flexibility index (Phi) is 9.14. The Morgan fingerprint density at radius 2 is 1.83 bits per heavy atom. The zero-order chi connectivity index (χ0) is 16.5. The minimum absolute atomic E-state index is 0. The number of nitrogens with zero attached hydrogens (tertiary/aromatic N) is 1. The third-order valence-corrected chi connectivity index (χ3v) is 3.30. The number of guanidine groups is 1. The van der Waals surface area contributed by atoms with E-state index in [1.807, 2.05) is 37.3 Å². The van der Waals surface area contributed by atoms with E-state index >= 15 is 0 Å². The molecule has 0 aliphatic rings. The summed E-state index contributed by atoms with van der Waals surface area (Å²) in [5.74, 6) is 1.25. The maximum absolute atomic E-state index is 13.6. The second-order valence-electron chi connectivity index (χ2n) is 4.95. The number of rotatable bonds is 6. The number of hydrogen-bond acceptors (Lipinski definition) is 2. The molecule has 0 saturated heterocycles. The van der Waals surface area contributed by atoms with Crippen molar-refractivity contribution in [1.29, 1.82) is 0 Å². The van der Waals surface area contributed by atoms with Crippen molar-refractivity contribution in [3.63, 3.8) is 0 Å². The van der Waals surface area contributed by atoms with E-state index in [1.165, 1.54) is 6.07 Å². The van der Waals surface area contributed by atoms with E-state index < -0.39 is 0 Å². The lowest BCUT2D eigenvalue weighted by Crippen LogP contribution is -2.36. The molecule has 0 unspecified atom stereocenters. The number of nitrogens with one attached hydrogen (secondary N) is 2. The van der Waals surface area contributed by atoms with Crippen LogP contribution in [0.5, 0.6) is 5.75 Å². The van der Waals surface area contributed by atoms with Crippen molar-refractivity contribution in [2.24, 2.45) is 4.99 Å². The first-order chi connectivity index (χ1) is 11.2. The van der Waals surface area contributed by atoms with Gasteiger partial charge in [0, 0.05) is 25.7 Å². The minimum atomic E-state index is -0.222. The number of benzene rings is 2. The molecule has 2 aromatic carbocycles. The van der Waals surface area contributed by atoms with Crippen LogP contribution < -0.4 is 15.4 Å². The summed E-state index contributed by atoms with van der Waals surface area (Å²) in [6, 6.07) is 14.6. The standard InChI is InChI=1S/C18H22FN3O.HI/c1-3-23-16-9-6-7-14(11-16)12-21-18(20-2)22-13-15-8-4-5-10-17(15)19;/h4-11H,3,12-13H2,1-2H3,(H2,20,21,22);1H. The van der Waals surface area contributed by atoms with Crippen molar-refractivity contribution in [3.8, 4) is 5.75 Å². The van der Waals surface area contributed by atoms with Crippen molar-refractivity contribution < 1.29 is 9.13 Å². The molecular formula is C18H23FIN3O. The van der Waals surface area contributed by atoms with E-state index in [2.05, 4.69) is 15.6 Å². The lowest BCUT2D eigenvalue weighted by atomic mass is 10.2. The number of aliphatic imine (C=N–C) groups is 1. The van der Waals surface area contributed by atoms with Gasteiger partial charge in [-0.2, -0.15) is 0 Å². The third-order valence-electron chi connectivity index (χ3n) is 3.30. The highest BCUT2D eigenvalue weighted by Crippen LogP contribution is 2.13. The van der Waals surface area contributed by atoms with Crippen molar-refractivity contribution >= 4 is 29.9 Å². The van der Waals surface area contributed by atoms with Crippen LogP contribution >= 0.6 is 24.0 Å². The summed E-state index contributed by atoms with van der Waals surface area (Å²) in [5, 5.41) is 6.31. The van der Waals surface area contributed by atoms with Gasteiger partial charge in [-0.1, -0.05) is 30.3 Å². The van der Waals surface area contributed by atoms with Gasteiger partial charge in [0.05, 0.1) is 6.61 Å². The summed E-state index contributed by atoms with van der Waals surface area (Å²) < 4.78 is 19.1. The quantitative estimate of drug-likeness (QED) is 0.407. The Labute approximate surface area is 159 Å². The molecule has 0 saturated carbocycles. The average Bonchev–Trinajstić information content (AvgIpc) is 2.57. The van der Waals surface area contributed by atoms with Gasteiger partial charge in [0.25, 0.3) is 0 Å². The monoisotopic (exact) mass is 443 g/mol. The van der Waals surface area contributed by atoms with Crippen LogP contribution in [-0.2, 0) is 13.1 Å². The number of hydrogen-bond donors (Lipinski definition) is 2. The molecule has 24 heavy (non-hydrogen) atoms. The molecule has 0 bridgehead atoms. The SMILES string of the molecule is CCOc1cccc(CNC(=NC)NCc2ccccc2F)c1.I. The summed E-state index contributed by atoms with van der Waals surface area (Å²) >= 11 is 0. The van der Waals surface area contributed by atoms with Crippen LogP contribution in [0.1, 0.15) is 18.1 Å². The van der Waals surface area contributed by atoms with Crippen LogP contribution in [0.15, 0.2) is 53.5 Å². The van der Waals surface area contributed by atoms with E-state index in [0.717, 1.165) is 11.3 Å². The van der Waals surface area contributed by atoms with Crippen LogP contribution in [0, 0.1) is 5.82 Å². The molecule has 130 valence electrons. The molecule has 4 nitrogen and oxygen atoms in total. The molecule has 0 atom stereocenters. The predicted molar refractivity (Wildman–Crippen MR) is 106 cm³/mol. The molecule has 0 amide bonds. The molecule has 0 aliphatic carbocycles. The first-order valence-corrected chi connectivity index (χ1v) is 7.62. The van der Waals surface area contributed by atoms with Gasteiger partial charge in [0.2, 0.25) is 0 Å². The molecule has 2 aromatic rings. The molecule has 0 spiro atoms. The molecule has 0 aromatic heterocycles. The molecule has 6 heteroatoms. The van der Waals surface area contributed by atoms with Crippen LogP contribution in [0.4, 0.5) is 4.39 Å². The van der Waals surface area contributed by atoms with Crippen LogP contribution in [-0.4, -0.2) is 19.6 Å². The van der Waals surface area contributed by atoms with Crippen molar-refractivity contribution in [2.75, 3.05) is 13.7 Å². The lowest BCUT2D eigenvalue weighted by molar-refractivity contribution is 0.340. The van der Waals surface area contributed by atoms with Crippen LogP contribution in [0.25, 0.3) is 0 Å². The molecule has 2 rings (SSSR count). The average molecular weight is 443 g/mol. The Morgan fingerprint density at radius 3 is 2.54 bits per heavy atom. The fourth-order valence-electron chi connectivity index (χ4n) is 2.14. The fourth-order valence-corrected chi connectivity index (χ4v) is 2.14. The zero-order valence-corrected chi connectivity index (χ0v) is 16.2. The molecule has 0 fully saturated rings. The summed E-state index contributed by atoms with van der Waals surface area (Å²) in [6.45, 7) is 3.59. The lowest BCUT2D eigenvalue weighted by Gasteiger charge is -2.13. The van der Waals surface area contributed by atoms with Gasteiger partial charge < -0.3 is 15.4 Å². The molecular weight excluding hydrogens is 420 g/mol. The van der Waals surface area contributed by atoms with Gasteiger partial charge in [0.15, 0.2) is 5.96 Å². The van der Waals surface area contributed by atoms with Gasteiger partial charge in [-0.15, -0.1) is 24.0 Å². The summed E-state index contributed by atoms with van der Waals surface area (Å²) in [6.07, 6.45) is 0. The molecule has 0 heterocycles. The maximum Gasteiger partial charge on any atom is 0.191 e. The van der Waals surface area contributed by atoms with Crippen LogP contribution in [0.3, 0.4) is 0 Å². The molecule has 0 radical (unpaired) electrons. The fraction of sp³-hybridized carbons (Fsp3) is 0.278. The summed E-state index contributed by atoms with van der Waals surface area (Å²) in [7, 11) is 1.69. The maximum atomic E-state index is 13.6. The van der Waals surface area contributed by atoms with Crippen molar-refractivity contribution in [3.05, 3.63) is 65.5 Å². The van der Waals surface area contributed by atoms with Crippen molar-refractivity contribution in [2.45, 2.75) is 20.0 Å². The highest BCUT2D eigenvalue weighted by atomic mass is 127. The van der Waals surface area contributed by atoms with E-state index in [1.54, 1.807) is 19.2 Å². The Balaban J connectivity index is 0.00000288. The predicted octanol–water partition coefficient (Wildman–Crippen LogP) is 3.71. The van der Waals surface area contributed by atoms with Crippen LogP contribution in [0.2, 0.25) is 0 Å². The highest BCUT2D eigenvalue weighted by Gasteiger charge is 2.03. The highest BCUT2D eigenvalue weighted by molar-refractivity contribution is 14.0. The van der Waals surface area contributed by atoms with Gasteiger partial charge in [-0.3, -0.25) is 4.99 Å². The minimum Gasteiger partial charge on any atom is -0.494 e. The van der Waals surface area contributed by atoms with Gasteiger partial charge >= 0.3 is 0 Å². The molecule has 2 N–H and O–H groups in total. The molecule has 0 aliphatic heterocycles. The second-order valence-corrected chi connectivity index (χ2v) is 4.95. The number of ether oxygens (including phenoxy) is 1. The first-order valence-electron chi connectivity index (χ1n) is 7.62.